The fraction of sp³-hybridized carbons (Fsp3) is 0.591. The predicted molar refractivity (Wildman–Crippen MR) is 110 cm³/mol. The molecule has 4 amide bonds. The number of urea groups is 1. The van der Waals surface area contributed by atoms with Crippen molar-refractivity contribution in [2.45, 2.75) is 64.8 Å². The van der Waals surface area contributed by atoms with Crippen LogP contribution in [0.2, 0.25) is 0 Å². The molecule has 2 N–H and O–H groups in total. The second kappa shape index (κ2) is 10.2. The molecule has 1 aliphatic rings. The molecule has 154 valence electrons. The van der Waals surface area contributed by atoms with Gasteiger partial charge in [0.1, 0.15) is 12.1 Å². The summed E-state index contributed by atoms with van der Waals surface area (Å²) in [5, 5.41) is 5.75. The first-order valence-corrected chi connectivity index (χ1v) is 10.4. The third-order valence-corrected chi connectivity index (χ3v) is 5.50. The van der Waals surface area contributed by atoms with Crippen molar-refractivity contribution in [3.63, 3.8) is 0 Å². The van der Waals surface area contributed by atoms with Crippen molar-refractivity contribution >= 4 is 17.8 Å². The maximum atomic E-state index is 13.2. The number of hydrogen-bond donors (Lipinski definition) is 2. The van der Waals surface area contributed by atoms with Crippen molar-refractivity contribution in [3.05, 3.63) is 35.9 Å². The minimum atomic E-state index is -1.08. The van der Waals surface area contributed by atoms with Gasteiger partial charge in [-0.25, -0.2) is 4.79 Å². The Morgan fingerprint density at radius 3 is 2.46 bits per heavy atom. The number of benzene rings is 1. The minimum Gasteiger partial charge on any atom is -0.354 e. The van der Waals surface area contributed by atoms with Gasteiger partial charge < -0.3 is 10.6 Å². The standard InChI is InChI=1S/C22H33N3O3/c1-4-7-11-17(6-3)15-23-19(26)16-25-20(27)22(14-5-2,24-21(25)28)18-12-9-8-10-13-18/h8-10,12-13,17H,4-7,11,14-16H2,1-3H3,(H,23,26)(H,24,28)/t17-,22-/m0/s1. The Morgan fingerprint density at radius 2 is 1.86 bits per heavy atom. The highest BCUT2D eigenvalue weighted by atomic mass is 16.2. The smallest absolute Gasteiger partial charge is 0.325 e. The van der Waals surface area contributed by atoms with E-state index in [1.54, 1.807) is 0 Å². The van der Waals surface area contributed by atoms with E-state index in [0.29, 0.717) is 18.9 Å². The summed E-state index contributed by atoms with van der Waals surface area (Å²) >= 11 is 0. The normalized spacial score (nSPS) is 20.2. The number of unbranched alkanes of at least 4 members (excludes halogenated alkanes) is 1. The van der Waals surface area contributed by atoms with Crippen LogP contribution in [-0.4, -0.2) is 35.8 Å². The van der Waals surface area contributed by atoms with E-state index in [9.17, 15) is 14.4 Å². The van der Waals surface area contributed by atoms with Crippen LogP contribution in [0.5, 0.6) is 0 Å². The molecule has 1 fully saturated rings. The Morgan fingerprint density at radius 1 is 1.14 bits per heavy atom. The summed E-state index contributed by atoms with van der Waals surface area (Å²) in [6, 6.07) is 8.76. The number of carbonyl (C=O) groups excluding carboxylic acids is 3. The first-order chi connectivity index (χ1) is 13.5. The molecule has 0 saturated carbocycles. The second-order valence-corrected chi connectivity index (χ2v) is 7.56. The molecule has 0 bridgehead atoms. The molecule has 2 rings (SSSR count). The molecule has 28 heavy (non-hydrogen) atoms. The van der Waals surface area contributed by atoms with E-state index in [4.69, 9.17) is 0 Å². The van der Waals surface area contributed by atoms with Crippen molar-refractivity contribution in [1.82, 2.24) is 15.5 Å². The van der Waals surface area contributed by atoms with Gasteiger partial charge in [0.15, 0.2) is 0 Å². The number of nitrogens with zero attached hydrogens (tertiary/aromatic N) is 1. The van der Waals surface area contributed by atoms with Crippen LogP contribution in [0.15, 0.2) is 30.3 Å². The van der Waals surface area contributed by atoms with Gasteiger partial charge >= 0.3 is 6.03 Å². The molecule has 0 spiro atoms. The van der Waals surface area contributed by atoms with Crippen LogP contribution in [0, 0.1) is 5.92 Å². The molecule has 1 heterocycles. The molecule has 1 aromatic carbocycles. The summed E-state index contributed by atoms with van der Waals surface area (Å²) < 4.78 is 0. The Kier molecular flexibility index (Phi) is 8.03. The molecular weight excluding hydrogens is 354 g/mol. The summed E-state index contributed by atoms with van der Waals surface area (Å²) in [4.78, 5) is 39.1. The van der Waals surface area contributed by atoms with Gasteiger partial charge in [-0.1, -0.05) is 76.8 Å². The fourth-order valence-electron chi connectivity index (χ4n) is 3.78. The molecule has 0 unspecified atom stereocenters. The quantitative estimate of drug-likeness (QED) is 0.570. The lowest BCUT2D eigenvalue weighted by Crippen LogP contribution is -2.45. The topological polar surface area (TPSA) is 78.5 Å². The van der Waals surface area contributed by atoms with E-state index in [-0.39, 0.29) is 18.4 Å². The molecule has 1 saturated heterocycles. The second-order valence-electron chi connectivity index (χ2n) is 7.56. The minimum absolute atomic E-state index is 0.243. The molecular formula is C22H33N3O3. The van der Waals surface area contributed by atoms with Gasteiger partial charge in [-0.15, -0.1) is 0 Å². The highest BCUT2D eigenvalue weighted by molar-refractivity contribution is 6.09. The Labute approximate surface area is 168 Å². The predicted octanol–water partition coefficient (Wildman–Crippen LogP) is 3.57. The lowest BCUT2D eigenvalue weighted by Gasteiger charge is -2.27. The lowest BCUT2D eigenvalue weighted by atomic mass is 9.85. The summed E-state index contributed by atoms with van der Waals surface area (Å²) in [6.45, 7) is 6.58. The van der Waals surface area contributed by atoms with Gasteiger partial charge in [-0.2, -0.15) is 0 Å². The molecule has 0 radical (unpaired) electrons. The van der Waals surface area contributed by atoms with Gasteiger partial charge in [0, 0.05) is 6.54 Å². The van der Waals surface area contributed by atoms with E-state index < -0.39 is 11.6 Å². The van der Waals surface area contributed by atoms with Crippen LogP contribution in [0.3, 0.4) is 0 Å². The summed E-state index contributed by atoms with van der Waals surface area (Å²) in [6.07, 6.45) is 5.57. The molecule has 1 aromatic rings. The average molecular weight is 388 g/mol. The third kappa shape index (κ3) is 4.91. The zero-order valence-corrected chi connectivity index (χ0v) is 17.3. The van der Waals surface area contributed by atoms with Gasteiger partial charge in [0.05, 0.1) is 0 Å². The van der Waals surface area contributed by atoms with Gasteiger partial charge in [0.25, 0.3) is 5.91 Å². The van der Waals surface area contributed by atoms with Crippen molar-refractivity contribution in [2.75, 3.05) is 13.1 Å². The Bertz CT molecular complexity index is 677. The number of rotatable bonds is 11. The van der Waals surface area contributed by atoms with Crippen molar-refractivity contribution in [1.29, 1.82) is 0 Å². The highest BCUT2D eigenvalue weighted by Gasteiger charge is 2.52. The molecule has 0 aliphatic carbocycles. The van der Waals surface area contributed by atoms with E-state index in [1.807, 2.05) is 37.3 Å². The zero-order valence-electron chi connectivity index (χ0n) is 17.3. The number of amides is 4. The van der Waals surface area contributed by atoms with Gasteiger partial charge in [0.2, 0.25) is 5.91 Å². The summed E-state index contributed by atoms with van der Waals surface area (Å²) in [5.41, 5.74) is -0.329. The number of hydrogen-bond acceptors (Lipinski definition) is 3. The van der Waals surface area contributed by atoms with Crippen LogP contribution < -0.4 is 10.6 Å². The fourth-order valence-corrected chi connectivity index (χ4v) is 3.78. The first kappa shape index (κ1) is 21.9. The van der Waals surface area contributed by atoms with E-state index in [2.05, 4.69) is 24.5 Å². The average Bonchev–Trinajstić information content (AvgIpc) is 2.94. The molecule has 1 aliphatic heterocycles. The lowest BCUT2D eigenvalue weighted by molar-refractivity contribution is -0.135. The Balaban J connectivity index is 2.05. The van der Waals surface area contributed by atoms with Crippen LogP contribution >= 0.6 is 0 Å². The van der Waals surface area contributed by atoms with E-state index >= 15 is 0 Å². The number of imide groups is 1. The van der Waals surface area contributed by atoms with Crippen LogP contribution in [0.1, 0.15) is 64.9 Å². The monoisotopic (exact) mass is 387 g/mol. The first-order valence-electron chi connectivity index (χ1n) is 10.4. The van der Waals surface area contributed by atoms with Crippen molar-refractivity contribution in [3.8, 4) is 0 Å². The molecule has 6 heteroatoms. The molecule has 6 nitrogen and oxygen atoms in total. The SMILES string of the molecule is CCCC[C@H](CC)CNC(=O)CN1C(=O)N[C@@](CCC)(c2ccccc2)C1=O. The highest BCUT2D eigenvalue weighted by Crippen LogP contribution is 2.33. The number of nitrogens with one attached hydrogen (secondary N) is 2. The van der Waals surface area contributed by atoms with Crippen LogP contribution in [0.25, 0.3) is 0 Å². The maximum absolute atomic E-state index is 13.2. The van der Waals surface area contributed by atoms with Crippen LogP contribution in [0.4, 0.5) is 4.79 Å². The van der Waals surface area contributed by atoms with Gasteiger partial charge in [-0.3, -0.25) is 14.5 Å². The van der Waals surface area contributed by atoms with Gasteiger partial charge in [-0.05, 0) is 24.3 Å². The van der Waals surface area contributed by atoms with E-state index in [1.165, 1.54) is 0 Å². The molecule has 2 atom stereocenters. The van der Waals surface area contributed by atoms with Crippen molar-refractivity contribution in [2.24, 2.45) is 5.92 Å². The number of carbonyl (C=O) groups is 3. The maximum Gasteiger partial charge on any atom is 0.325 e. The zero-order chi connectivity index (χ0) is 20.6. The third-order valence-electron chi connectivity index (χ3n) is 5.50. The van der Waals surface area contributed by atoms with Crippen molar-refractivity contribution < 1.29 is 14.4 Å². The summed E-state index contributed by atoms with van der Waals surface area (Å²) in [7, 11) is 0. The summed E-state index contributed by atoms with van der Waals surface area (Å²) in [5.74, 6) is -0.215. The molecule has 0 aromatic heterocycles. The van der Waals surface area contributed by atoms with Crippen LogP contribution in [-0.2, 0) is 15.1 Å². The Hall–Kier alpha value is -2.37. The largest absolute Gasteiger partial charge is 0.354 e. The van der Waals surface area contributed by atoms with E-state index in [0.717, 1.165) is 42.6 Å².